The van der Waals surface area contributed by atoms with E-state index >= 15 is 0 Å². The first kappa shape index (κ1) is 22.2. The molecule has 1 amide bonds. The predicted molar refractivity (Wildman–Crippen MR) is 122 cm³/mol. The van der Waals surface area contributed by atoms with Crippen LogP contribution in [0, 0.1) is 0 Å². The van der Waals surface area contributed by atoms with Crippen molar-refractivity contribution >= 4 is 19.7 Å². The third-order valence-electron chi connectivity index (χ3n) is 5.23. The third kappa shape index (κ3) is 4.79. The molecule has 0 bridgehead atoms. The van der Waals surface area contributed by atoms with Gasteiger partial charge in [0, 0.05) is 20.4 Å². The molecule has 3 rings (SSSR count). The molecule has 0 fully saturated rings. The van der Waals surface area contributed by atoms with Gasteiger partial charge in [-0.15, -0.1) is 0 Å². The molecule has 0 unspecified atom stereocenters. The van der Waals surface area contributed by atoms with E-state index in [1.54, 1.807) is 26.2 Å². The van der Waals surface area contributed by atoms with Crippen molar-refractivity contribution in [1.29, 1.82) is 0 Å². The zero-order valence-electron chi connectivity index (χ0n) is 18.7. The maximum Gasteiger partial charge on any atom is 0.233 e. The molecule has 0 saturated heterocycles. The maximum atomic E-state index is 12.6. The van der Waals surface area contributed by atoms with E-state index in [4.69, 9.17) is 18.9 Å². The van der Waals surface area contributed by atoms with E-state index < -0.39 is 8.07 Å². The molecule has 0 aliphatic carbocycles. The normalized spacial score (nSPS) is 13.4. The molecule has 0 spiro atoms. The van der Waals surface area contributed by atoms with Crippen LogP contribution in [0.4, 0.5) is 5.69 Å². The van der Waals surface area contributed by atoms with Crippen molar-refractivity contribution in [3.8, 4) is 28.4 Å². The summed E-state index contributed by atoms with van der Waals surface area (Å²) in [7, 11) is 3.64. The second-order valence-electron chi connectivity index (χ2n) is 8.60. The average Bonchev–Trinajstić information content (AvgIpc) is 3.03. The van der Waals surface area contributed by atoms with Gasteiger partial charge in [0.15, 0.2) is 11.5 Å². The molecule has 0 N–H and O–H groups in total. The highest BCUT2D eigenvalue weighted by Gasteiger charge is 2.28. The van der Waals surface area contributed by atoms with Crippen molar-refractivity contribution in [3.63, 3.8) is 0 Å². The number of amides is 1. The number of hydrogen-bond acceptors (Lipinski definition) is 5. The number of methoxy groups -OCH3 is 3. The third-order valence-corrected chi connectivity index (χ3v) is 6.93. The highest BCUT2D eigenvalue weighted by atomic mass is 28.3. The molecule has 7 heteroatoms. The van der Waals surface area contributed by atoms with Crippen molar-refractivity contribution in [2.45, 2.75) is 32.1 Å². The first-order valence-electron chi connectivity index (χ1n) is 10.1. The molecule has 1 aliphatic heterocycles. The molecule has 162 valence electrons. The van der Waals surface area contributed by atoms with E-state index in [0.717, 1.165) is 28.4 Å². The number of fused-ring (bicyclic) bond motifs is 1. The molecule has 0 atom stereocenters. The lowest BCUT2D eigenvalue weighted by molar-refractivity contribution is -0.118. The van der Waals surface area contributed by atoms with Crippen molar-refractivity contribution < 1.29 is 23.7 Å². The average molecular weight is 430 g/mol. The van der Waals surface area contributed by atoms with E-state index in [-0.39, 0.29) is 5.91 Å². The Labute approximate surface area is 179 Å². The van der Waals surface area contributed by atoms with Gasteiger partial charge in [-0.3, -0.25) is 9.69 Å². The summed E-state index contributed by atoms with van der Waals surface area (Å²) in [6.07, 6.45) is 0.380. The Balaban J connectivity index is 1.82. The highest BCUT2D eigenvalue weighted by molar-refractivity contribution is 6.76. The van der Waals surface area contributed by atoms with E-state index in [0.29, 0.717) is 37.0 Å². The van der Waals surface area contributed by atoms with Crippen molar-refractivity contribution in [3.05, 3.63) is 35.9 Å². The number of anilines is 1. The van der Waals surface area contributed by atoms with E-state index in [1.165, 1.54) is 0 Å². The molecular formula is C23H31NO5Si. The van der Waals surface area contributed by atoms with Crippen molar-refractivity contribution in [1.82, 2.24) is 0 Å². The van der Waals surface area contributed by atoms with Gasteiger partial charge < -0.3 is 18.9 Å². The maximum absolute atomic E-state index is 12.6. The van der Waals surface area contributed by atoms with Gasteiger partial charge in [0.2, 0.25) is 11.7 Å². The largest absolute Gasteiger partial charge is 0.493 e. The van der Waals surface area contributed by atoms with Gasteiger partial charge >= 0.3 is 0 Å². The second kappa shape index (κ2) is 9.10. The summed E-state index contributed by atoms with van der Waals surface area (Å²) in [6.45, 7) is 7.95. The van der Waals surface area contributed by atoms with Crippen LogP contribution in [0.3, 0.4) is 0 Å². The lowest BCUT2D eigenvalue weighted by Crippen LogP contribution is -2.30. The number of carbonyl (C=O) groups excluding carboxylic acids is 1. The lowest BCUT2D eigenvalue weighted by Gasteiger charge is -2.20. The van der Waals surface area contributed by atoms with Crippen LogP contribution in [0.1, 0.15) is 5.56 Å². The number of benzene rings is 2. The minimum atomic E-state index is -1.15. The van der Waals surface area contributed by atoms with Crippen LogP contribution in [0.2, 0.25) is 25.7 Å². The van der Waals surface area contributed by atoms with Gasteiger partial charge in [0.25, 0.3) is 0 Å². The SMILES string of the molecule is COc1cc(-c2ccc3c(c2)CC(=O)N3COCC[Si](C)(C)C)cc(OC)c1OC. The Morgan fingerprint density at radius 1 is 0.933 bits per heavy atom. The first-order chi connectivity index (χ1) is 14.3. The standard InChI is InChI=1S/C23H31NO5Si/c1-26-20-12-17(13-21(27-2)23(20)28-3)16-7-8-19-18(11-16)14-22(25)24(19)15-29-9-10-30(4,5)6/h7-8,11-13H,9-10,14-15H2,1-6H3. The molecule has 2 aromatic rings. The van der Waals surface area contributed by atoms with Crippen LogP contribution >= 0.6 is 0 Å². The van der Waals surface area contributed by atoms with Gasteiger partial charge in [-0.05, 0) is 47.0 Å². The summed E-state index contributed by atoms with van der Waals surface area (Å²) in [5.41, 5.74) is 3.84. The lowest BCUT2D eigenvalue weighted by atomic mass is 10.0. The van der Waals surface area contributed by atoms with Crippen LogP contribution in [0.15, 0.2) is 30.3 Å². The summed E-state index contributed by atoms with van der Waals surface area (Å²) in [6, 6.07) is 11.0. The van der Waals surface area contributed by atoms with E-state index in [2.05, 4.69) is 25.7 Å². The van der Waals surface area contributed by atoms with Gasteiger partial charge in [-0.25, -0.2) is 0 Å². The molecule has 30 heavy (non-hydrogen) atoms. The first-order valence-corrected chi connectivity index (χ1v) is 13.8. The van der Waals surface area contributed by atoms with Crippen LogP contribution in [0.25, 0.3) is 11.1 Å². The Kier molecular flexibility index (Phi) is 6.73. The predicted octanol–water partition coefficient (Wildman–Crippen LogP) is 4.58. The molecule has 0 radical (unpaired) electrons. The number of rotatable bonds is 9. The fourth-order valence-corrected chi connectivity index (χ4v) is 4.24. The van der Waals surface area contributed by atoms with Crippen LogP contribution in [-0.2, 0) is 16.0 Å². The number of carbonyl (C=O) groups is 1. The zero-order valence-corrected chi connectivity index (χ0v) is 19.7. The van der Waals surface area contributed by atoms with Crippen molar-refractivity contribution in [2.75, 3.05) is 39.6 Å². The van der Waals surface area contributed by atoms with Gasteiger partial charge in [-0.2, -0.15) is 0 Å². The Bertz CT molecular complexity index is 897. The summed E-state index contributed by atoms with van der Waals surface area (Å²) < 4.78 is 22.2. The Morgan fingerprint density at radius 3 is 2.17 bits per heavy atom. The molecule has 1 aliphatic rings. The molecule has 0 aromatic heterocycles. The smallest absolute Gasteiger partial charge is 0.233 e. The van der Waals surface area contributed by atoms with E-state index in [1.807, 2.05) is 24.3 Å². The van der Waals surface area contributed by atoms with Gasteiger partial charge in [-0.1, -0.05) is 25.7 Å². The zero-order chi connectivity index (χ0) is 21.9. The van der Waals surface area contributed by atoms with E-state index in [9.17, 15) is 4.79 Å². The van der Waals surface area contributed by atoms with Crippen LogP contribution in [0.5, 0.6) is 17.2 Å². The molecule has 0 saturated carbocycles. The van der Waals surface area contributed by atoms with Crippen molar-refractivity contribution in [2.24, 2.45) is 0 Å². The number of hydrogen-bond donors (Lipinski definition) is 0. The molecule has 1 heterocycles. The fourth-order valence-electron chi connectivity index (χ4n) is 3.49. The molecule has 6 nitrogen and oxygen atoms in total. The monoisotopic (exact) mass is 429 g/mol. The number of nitrogens with zero attached hydrogens (tertiary/aromatic N) is 1. The summed E-state index contributed by atoms with van der Waals surface area (Å²) in [4.78, 5) is 14.3. The highest BCUT2D eigenvalue weighted by Crippen LogP contribution is 2.42. The quantitative estimate of drug-likeness (QED) is 0.431. The molecular weight excluding hydrogens is 398 g/mol. The summed E-state index contributed by atoms with van der Waals surface area (Å²) >= 11 is 0. The second-order valence-corrected chi connectivity index (χ2v) is 14.2. The number of ether oxygens (including phenoxy) is 4. The van der Waals surface area contributed by atoms with Crippen LogP contribution < -0.4 is 19.1 Å². The Morgan fingerprint density at radius 2 is 1.60 bits per heavy atom. The Hall–Kier alpha value is -2.51. The molecule has 2 aromatic carbocycles. The van der Waals surface area contributed by atoms with Gasteiger partial charge in [0.1, 0.15) is 6.73 Å². The van der Waals surface area contributed by atoms with Crippen LogP contribution in [-0.4, -0.2) is 48.6 Å². The summed E-state index contributed by atoms with van der Waals surface area (Å²) in [5, 5.41) is 0. The summed E-state index contributed by atoms with van der Waals surface area (Å²) in [5.74, 6) is 1.82. The minimum absolute atomic E-state index is 0.0695. The minimum Gasteiger partial charge on any atom is -0.493 e. The van der Waals surface area contributed by atoms with Gasteiger partial charge in [0.05, 0.1) is 27.8 Å². The topological polar surface area (TPSA) is 57.2 Å². The fraction of sp³-hybridized carbons (Fsp3) is 0.435.